The van der Waals surface area contributed by atoms with E-state index in [2.05, 4.69) is 0 Å². The molecule has 0 heterocycles. The Morgan fingerprint density at radius 1 is 0.409 bits per heavy atom. The van der Waals surface area contributed by atoms with E-state index in [1.54, 1.807) is 12.1 Å². The average Bonchev–Trinajstić information content (AvgIpc) is 3.05. The number of rotatable bonds is 3. The van der Waals surface area contributed by atoms with Crippen LogP contribution in [-0.2, 0) is 12.8 Å². The number of phenolic OH excluding ortho intramolecular Hbond substituents is 4. The third-order valence-electron chi connectivity index (χ3n) is 9.25. The molecule has 7 aromatic carbocycles. The summed E-state index contributed by atoms with van der Waals surface area (Å²) in [7, 11) is 0. The van der Waals surface area contributed by atoms with Crippen molar-refractivity contribution in [3.8, 4) is 56.4 Å². The van der Waals surface area contributed by atoms with Gasteiger partial charge in [0.05, 0.1) is 0 Å². The summed E-state index contributed by atoms with van der Waals surface area (Å²) in [6.07, 6.45) is 3.65. The molecule has 44 heavy (non-hydrogen) atoms. The molecule has 4 heteroatoms. The predicted molar refractivity (Wildman–Crippen MR) is 179 cm³/mol. The third-order valence-corrected chi connectivity index (χ3v) is 9.25. The van der Waals surface area contributed by atoms with Crippen molar-refractivity contribution in [1.82, 2.24) is 0 Å². The van der Waals surface area contributed by atoms with Gasteiger partial charge in [-0.15, -0.1) is 0 Å². The van der Waals surface area contributed by atoms with Crippen molar-refractivity contribution < 1.29 is 20.4 Å². The zero-order valence-electron chi connectivity index (χ0n) is 24.0. The van der Waals surface area contributed by atoms with Gasteiger partial charge in [0.25, 0.3) is 0 Å². The highest BCUT2D eigenvalue weighted by molar-refractivity contribution is 6.13. The summed E-state index contributed by atoms with van der Waals surface area (Å²) >= 11 is 0. The lowest BCUT2D eigenvalue weighted by atomic mass is 9.80. The normalized spacial score (nSPS) is 13.0. The monoisotopic (exact) mass is 574 g/mol. The molecule has 0 spiro atoms. The van der Waals surface area contributed by atoms with E-state index < -0.39 is 0 Å². The molecule has 0 amide bonds. The van der Waals surface area contributed by atoms with E-state index in [-0.39, 0.29) is 23.0 Å². The molecule has 0 radical (unpaired) electrons. The molecule has 214 valence electrons. The fourth-order valence-corrected chi connectivity index (χ4v) is 7.21. The quantitative estimate of drug-likeness (QED) is 0.169. The van der Waals surface area contributed by atoms with Crippen molar-refractivity contribution in [2.24, 2.45) is 0 Å². The minimum Gasteiger partial charge on any atom is -0.507 e. The smallest absolute Gasteiger partial charge is 0.132 e. The summed E-state index contributed by atoms with van der Waals surface area (Å²) in [6.45, 7) is 0. The number of fused-ring (bicyclic) bond motifs is 4. The number of hydrogen-bond donors (Lipinski definition) is 4. The minimum atomic E-state index is -0.0190. The van der Waals surface area contributed by atoms with Gasteiger partial charge in [0.15, 0.2) is 0 Å². The number of aromatic hydroxyl groups is 4. The summed E-state index contributed by atoms with van der Waals surface area (Å²) in [6, 6.07) is 34.5. The van der Waals surface area contributed by atoms with Crippen molar-refractivity contribution in [1.29, 1.82) is 0 Å². The second-order valence-electron chi connectivity index (χ2n) is 11.7. The van der Waals surface area contributed by atoms with Crippen LogP contribution in [0.1, 0.15) is 24.0 Å². The zero-order chi connectivity index (χ0) is 29.9. The van der Waals surface area contributed by atoms with Crippen molar-refractivity contribution in [3.05, 3.63) is 120 Å². The van der Waals surface area contributed by atoms with Gasteiger partial charge in [-0.05, 0) is 93.4 Å². The van der Waals surface area contributed by atoms with E-state index >= 15 is 0 Å². The number of benzene rings is 7. The predicted octanol–water partition coefficient (Wildman–Crippen LogP) is 9.85. The first-order valence-corrected chi connectivity index (χ1v) is 15.1. The van der Waals surface area contributed by atoms with Gasteiger partial charge in [0, 0.05) is 33.4 Å². The molecule has 1 aliphatic carbocycles. The largest absolute Gasteiger partial charge is 0.507 e. The molecule has 0 saturated heterocycles. The fourth-order valence-electron chi connectivity index (χ4n) is 7.21. The Hall–Kier alpha value is -5.48. The van der Waals surface area contributed by atoms with Gasteiger partial charge in [-0.1, -0.05) is 84.9 Å². The van der Waals surface area contributed by atoms with Gasteiger partial charge >= 0.3 is 0 Å². The van der Waals surface area contributed by atoms with Crippen molar-refractivity contribution >= 4 is 32.3 Å². The lowest BCUT2D eigenvalue weighted by Crippen LogP contribution is -2.06. The molecule has 0 aromatic heterocycles. The van der Waals surface area contributed by atoms with E-state index in [1.165, 1.54) is 0 Å². The van der Waals surface area contributed by atoms with E-state index in [4.69, 9.17) is 0 Å². The van der Waals surface area contributed by atoms with Gasteiger partial charge in [0.1, 0.15) is 23.0 Å². The number of aryl methyl sites for hydroxylation is 1. The van der Waals surface area contributed by atoms with E-state index in [1.807, 2.05) is 97.1 Å². The Bertz CT molecular complexity index is 2280. The van der Waals surface area contributed by atoms with Crippen LogP contribution in [0, 0.1) is 0 Å². The van der Waals surface area contributed by atoms with Gasteiger partial charge in [-0.2, -0.15) is 0 Å². The molecule has 0 bridgehead atoms. The van der Waals surface area contributed by atoms with Crippen LogP contribution < -0.4 is 0 Å². The summed E-state index contributed by atoms with van der Waals surface area (Å²) in [5.74, 6) is 0.177. The first kappa shape index (κ1) is 26.2. The van der Waals surface area contributed by atoms with Crippen LogP contribution in [0.15, 0.2) is 109 Å². The maximum Gasteiger partial charge on any atom is 0.132 e. The maximum atomic E-state index is 12.2. The van der Waals surface area contributed by atoms with E-state index in [0.717, 1.165) is 69.1 Å². The Morgan fingerprint density at radius 3 is 1.52 bits per heavy atom. The van der Waals surface area contributed by atoms with Crippen molar-refractivity contribution in [2.45, 2.75) is 25.7 Å². The molecule has 0 atom stereocenters. The molecule has 4 N–H and O–H groups in total. The molecule has 0 unspecified atom stereocenters. The Labute approximate surface area is 254 Å². The summed E-state index contributed by atoms with van der Waals surface area (Å²) < 4.78 is 0. The van der Waals surface area contributed by atoms with Gasteiger partial charge in [-0.3, -0.25) is 0 Å². The Balaban J connectivity index is 1.49. The SMILES string of the molecule is Oc1ccc2ccccc2c1-c1c(O)c(-c2cc3ccccc3c(-c3c(O)ccc4ccccc34)c2O)cc2c1CCCC2. The van der Waals surface area contributed by atoms with Gasteiger partial charge in [0.2, 0.25) is 0 Å². The van der Waals surface area contributed by atoms with Crippen LogP contribution in [0.5, 0.6) is 23.0 Å². The third kappa shape index (κ3) is 3.91. The van der Waals surface area contributed by atoms with Crippen LogP contribution in [0.3, 0.4) is 0 Å². The molecular weight excluding hydrogens is 544 g/mol. The van der Waals surface area contributed by atoms with Crippen molar-refractivity contribution in [3.63, 3.8) is 0 Å². The highest BCUT2D eigenvalue weighted by atomic mass is 16.3. The lowest BCUT2D eigenvalue weighted by Gasteiger charge is -2.25. The molecule has 0 fully saturated rings. The Kier molecular flexibility index (Phi) is 5.98. The first-order chi connectivity index (χ1) is 21.5. The van der Waals surface area contributed by atoms with Crippen LogP contribution in [-0.4, -0.2) is 20.4 Å². The molecule has 0 aliphatic heterocycles. The first-order valence-electron chi connectivity index (χ1n) is 15.1. The minimum absolute atomic E-state index is 0.0190. The summed E-state index contributed by atoms with van der Waals surface area (Å²) in [5, 5.41) is 52.3. The van der Waals surface area contributed by atoms with Gasteiger partial charge in [-0.25, -0.2) is 0 Å². The highest BCUT2D eigenvalue weighted by Gasteiger charge is 2.28. The average molecular weight is 575 g/mol. The molecule has 0 saturated carbocycles. The molecule has 7 aromatic rings. The highest BCUT2D eigenvalue weighted by Crippen LogP contribution is 2.54. The molecule has 4 nitrogen and oxygen atoms in total. The number of hydrogen-bond acceptors (Lipinski definition) is 4. The number of phenols is 4. The van der Waals surface area contributed by atoms with Crippen LogP contribution in [0.2, 0.25) is 0 Å². The standard InChI is InChI=1S/C40H30O4/c41-33-19-17-23-9-1-5-13-27(23)35(33)37-29-15-7-3-11-25(29)21-31(39(37)43)32-22-26-12-4-8-16-30(26)38(40(32)44)36-28-14-6-2-10-24(28)18-20-34(36)42/h1-3,5-7,9-11,13-15,17-22,41-44H,4,8,12,16H2. The zero-order valence-corrected chi connectivity index (χ0v) is 24.0. The summed E-state index contributed by atoms with van der Waals surface area (Å²) in [5.41, 5.74) is 5.39. The van der Waals surface area contributed by atoms with Crippen LogP contribution in [0.25, 0.3) is 65.7 Å². The maximum absolute atomic E-state index is 12.2. The second kappa shape index (κ2) is 10.1. The van der Waals surface area contributed by atoms with E-state index in [0.29, 0.717) is 33.4 Å². The summed E-state index contributed by atoms with van der Waals surface area (Å²) in [4.78, 5) is 0. The topological polar surface area (TPSA) is 80.9 Å². The van der Waals surface area contributed by atoms with Crippen LogP contribution >= 0.6 is 0 Å². The second-order valence-corrected chi connectivity index (χ2v) is 11.7. The molecular formula is C40H30O4. The lowest BCUT2D eigenvalue weighted by molar-refractivity contribution is 0.465. The molecule has 1 aliphatic rings. The van der Waals surface area contributed by atoms with Gasteiger partial charge < -0.3 is 20.4 Å². The van der Waals surface area contributed by atoms with Crippen LogP contribution in [0.4, 0.5) is 0 Å². The van der Waals surface area contributed by atoms with E-state index in [9.17, 15) is 20.4 Å². The van der Waals surface area contributed by atoms with Crippen molar-refractivity contribution in [2.75, 3.05) is 0 Å². The fraction of sp³-hybridized carbons (Fsp3) is 0.100. The molecule has 8 rings (SSSR count). The Morgan fingerprint density at radius 2 is 0.886 bits per heavy atom.